The quantitative estimate of drug-likeness (QED) is 0.677. The van der Waals surface area contributed by atoms with E-state index in [1.54, 1.807) is 6.07 Å². The number of carbonyl (C=O) groups excluding carboxylic acids is 1. The van der Waals surface area contributed by atoms with Crippen LogP contribution in [0.15, 0.2) is 36.4 Å². The lowest BCUT2D eigenvalue weighted by Crippen LogP contribution is -2.24. The van der Waals surface area contributed by atoms with Crippen LogP contribution >= 0.6 is 0 Å². The van der Waals surface area contributed by atoms with Crippen LogP contribution in [-0.4, -0.2) is 11.4 Å². The van der Waals surface area contributed by atoms with E-state index in [2.05, 4.69) is 0 Å². The second kappa shape index (κ2) is 4.62. The van der Waals surface area contributed by atoms with Crippen LogP contribution in [0.2, 0.25) is 0 Å². The molecule has 0 saturated carbocycles. The average molecular weight is 281 g/mol. The Hall–Kier alpha value is -2.29. The monoisotopic (exact) mass is 281 g/mol. The maximum atomic E-state index is 12.7. The fourth-order valence-electron chi connectivity index (χ4n) is 2.77. The van der Waals surface area contributed by atoms with E-state index in [1.165, 1.54) is 0 Å². The number of aryl methyl sites for hydroxylation is 1. The zero-order valence-electron chi connectivity index (χ0n) is 12.6. The third-order valence-electron chi connectivity index (χ3n) is 3.78. The summed E-state index contributed by atoms with van der Waals surface area (Å²) in [5.74, 6) is 0.831. The summed E-state index contributed by atoms with van der Waals surface area (Å²) in [5, 5.41) is 0. The molecular formula is C18H19NO2. The molecule has 2 N–H and O–H groups in total. The van der Waals surface area contributed by atoms with Crippen LogP contribution in [0.4, 0.5) is 5.69 Å². The van der Waals surface area contributed by atoms with Crippen molar-refractivity contribution in [3.8, 4) is 5.75 Å². The molecule has 0 saturated heterocycles. The molecule has 1 aliphatic heterocycles. The molecule has 0 fully saturated rings. The Bertz CT molecular complexity index is 732. The van der Waals surface area contributed by atoms with E-state index < -0.39 is 0 Å². The van der Waals surface area contributed by atoms with Gasteiger partial charge in [-0.05, 0) is 56.7 Å². The molecule has 0 atom stereocenters. The molecule has 0 radical (unpaired) electrons. The fourth-order valence-corrected chi connectivity index (χ4v) is 2.77. The van der Waals surface area contributed by atoms with Gasteiger partial charge in [0.1, 0.15) is 11.4 Å². The zero-order chi connectivity index (χ0) is 15.2. The molecule has 0 bridgehead atoms. The van der Waals surface area contributed by atoms with E-state index in [9.17, 15) is 4.79 Å². The van der Waals surface area contributed by atoms with Gasteiger partial charge in [0, 0.05) is 23.2 Å². The van der Waals surface area contributed by atoms with E-state index in [0.29, 0.717) is 16.8 Å². The highest BCUT2D eigenvalue weighted by atomic mass is 16.5. The number of hydrogen-bond acceptors (Lipinski definition) is 3. The van der Waals surface area contributed by atoms with Crippen molar-refractivity contribution in [2.75, 3.05) is 5.73 Å². The summed E-state index contributed by atoms with van der Waals surface area (Å²) < 4.78 is 5.84. The molecule has 1 aliphatic rings. The van der Waals surface area contributed by atoms with E-state index >= 15 is 0 Å². The molecule has 3 rings (SSSR count). The lowest BCUT2D eigenvalue weighted by Gasteiger charge is -2.16. The third-order valence-corrected chi connectivity index (χ3v) is 3.78. The molecule has 0 unspecified atom stereocenters. The minimum atomic E-state index is -0.202. The second-order valence-corrected chi connectivity index (χ2v) is 6.28. The predicted molar refractivity (Wildman–Crippen MR) is 83.9 cm³/mol. The van der Waals surface area contributed by atoms with Crippen LogP contribution in [0.5, 0.6) is 5.75 Å². The van der Waals surface area contributed by atoms with Gasteiger partial charge in [-0.2, -0.15) is 0 Å². The van der Waals surface area contributed by atoms with E-state index in [4.69, 9.17) is 10.5 Å². The van der Waals surface area contributed by atoms with Crippen molar-refractivity contribution in [2.45, 2.75) is 32.8 Å². The van der Waals surface area contributed by atoms with Crippen molar-refractivity contribution in [1.82, 2.24) is 0 Å². The number of hydrogen-bond donors (Lipinski definition) is 1. The van der Waals surface area contributed by atoms with Crippen molar-refractivity contribution in [3.63, 3.8) is 0 Å². The topological polar surface area (TPSA) is 52.3 Å². The van der Waals surface area contributed by atoms with Crippen LogP contribution < -0.4 is 10.5 Å². The maximum Gasteiger partial charge on any atom is 0.195 e. The zero-order valence-corrected chi connectivity index (χ0v) is 12.6. The van der Waals surface area contributed by atoms with Gasteiger partial charge in [-0.15, -0.1) is 0 Å². The highest BCUT2D eigenvalue weighted by Crippen LogP contribution is 2.35. The van der Waals surface area contributed by atoms with Gasteiger partial charge in [0.25, 0.3) is 0 Å². The Labute approximate surface area is 124 Å². The highest BCUT2D eigenvalue weighted by Gasteiger charge is 2.30. The molecule has 0 spiro atoms. The number of rotatable bonds is 2. The Kier molecular flexibility index (Phi) is 3.01. The van der Waals surface area contributed by atoms with Crippen LogP contribution in [0.3, 0.4) is 0 Å². The SMILES string of the molecule is Cc1ccc(N)c(C(=O)c2ccc3c(c2)CC(C)(C)O3)c1. The number of ketones is 1. The van der Waals surface area contributed by atoms with Crippen molar-refractivity contribution in [3.05, 3.63) is 58.7 Å². The standard InChI is InChI=1S/C18H19NO2/c1-11-4-6-15(19)14(8-11)17(20)12-5-7-16-13(9-12)10-18(2,3)21-16/h4-9H,10,19H2,1-3H3. The Morgan fingerprint density at radius 3 is 2.71 bits per heavy atom. The van der Waals surface area contributed by atoms with Gasteiger partial charge >= 0.3 is 0 Å². The van der Waals surface area contributed by atoms with E-state index in [-0.39, 0.29) is 11.4 Å². The van der Waals surface area contributed by atoms with Gasteiger partial charge in [0.05, 0.1) is 0 Å². The number of fused-ring (bicyclic) bond motifs is 1. The third kappa shape index (κ3) is 2.51. The summed E-state index contributed by atoms with van der Waals surface area (Å²) in [6.45, 7) is 6.05. The van der Waals surface area contributed by atoms with Crippen LogP contribution in [0.1, 0.15) is 40.9 Å². The Morgan fingerprint density at radius 2 is 1.95 bits per heavy atom. The largest absolute Gasteiger partial charge is 0.487 e. The Balaban J connectivity index is 1.99. The first-order valence-electron chi connectivity index (χ1n) is 7.08. The first-order valence-corrected chi connectivity index (χ1v) is 7.08. The predicted octanol–water partition coefficient (Wildman–Crippen LogP) is 3.52. The molecule has 1 heterocycles. The number of nitrogens with two attached hydrogens (primary N) is 1. The van der Waals surface area contributed by atoms with Gasteiger partial charge in [-0.3, -0.25) is 4.79 Å². The minimum absolute atomic E-state index is 0.0382. The minimum Gasteiger partial charge on any atom is -0.487 e. The van der Waals surface area contributed by atoms with Crippen molar-refractivity contribution < 1.29 is 9.53 Å². The molecule has 0 aromatic heterocycles. The van der Waals surface area contributed by atoms with Crippen molar-refractivity contribution in [2.24, 2.45) is 0 Å². The first kappa shape index (κ1) is 13.7. The van der Waals surface area contributed by atoms with Gasteiger partial charge in [-0.1, -0.05) is 11.6 Å². The molecule has 3 nitrogen and oxygen atoms in total. The number of nitrogen functional groups attached to an aromatic ring is 1. The smallest absolute Gasteiger partial charge is 0.195 e. The molecule has 21 heavy (non-hydrogen) atoms. The van der Waals surface area contributed by atoms with E-state index in [1.807, 2.05) is 51.1 Å². The normalized spacial score (nSPS) is 15.4. The molecule has 0 amide bonds. The lowest BCUT2D eigenvalue weighted by molar-refractivity contribution is 0.103. The molecule has 108 valence electrons. The van der Waals surface area contributed by atoms with Gasteiger partial charge in [-0.25, -0.2) is 0 Å². The summed E-state index contributed by atoms with van der Waals surface area (Å²) in [6, 6.07) is 11.1. The highest BCUT2D eigenvalue weighted by molar-refractivity contribution is 6.12. The molecule has 2 aromatic rings. The van der Waals surface area contributed by atoms with Gasteiger partial charge in [0.2, 0.25) is 0 Å². The van der Waals surface area contributed by atoms with Gasteiger partial charge < -0.3 is 10.5 Å². The van der Waals surface area contributed by atoms with Gasteiger partial charge in [0.15, 0.2) is 5.78 Å². The van der Waals surface area contributed by atoms with Crippen molar-refractivity contribution in [1.29, 1.82) is 0 Å². The summed E-state index contributed by atoms with van der Waals surface area (Å²) >= 11 is 0. The number of anilines is 1. The number of carbonyl (C=O) groups is 1. The number of ether oxygens (including phenoxy) is 1. The van der Waals surface area contributed by atoms with Crippen molar-refractivity contribution >= 4 is 11.5 Å². The molecule has 3 heteroatoms. The molecule has 0 aliphatic carbocycles. The summed E-state index contributed by atoms with van der Waals surface area (Å²) in [4.78, 5) is 12.7. The molecular weight excluding hydrogens is 262 g/mol. The van der Waals surface area contributed by atoms with Crippen LogP contribution in [0, 0.1) is 6.92 Å². The molecule has 2 aromatic carbocycles. The maximum absolute atomic E-state index is 12.7. The summed E-state index contributed by atoms with van der Waals surface area (Å²) in [6.07, 6.45) is 0.812. The number of benzene rings is 2. The Morgan fingerprint density at radius 1 is 1.19 bits per heavy atom. The summed E-state index contributed by atoms with van der Waals surface area (Å²) in [5.41, 5.74) is 9.58. The van der Waals surface area contributed by atoms with Crippen LogP contribution in [-0.2, 0) is 6.42 Å². The van der Waals surface area contributed by atoms with E-state index in [0.717, 1.165) is 23.3 Å². The summed E-state index contributed by atoms with van der Waals surface area (Å²) in [7, 11) is 0. The lowest BCUT2D eigenvalue weighted by atomic mass is 9.96. The van der Waals surface area contributed by atoms with Crippen LogP contribution in [0.25, 0.3) is 0 Å². The fraction of sp³-hybridized carbons (Fsp3) is 0.278. The first-order chi connectivity index (χ1) is 9.85. The average Bonchev–Trinajstić information content (AvgIpc) is 2.73. The second-order valence-electron chi connectivity index (χ2n) is 6.28.